The number of carbonyl (C=O) groups excluding carboxylic acids is 1. The standard InChI is InChI=1S/C23H24N4O2/c1-15-19-6-4-5-7-20(19)25-22(24-15)14-27-12-10-18(11-13-27)8-9-21(28)23-16(2)26-29-17(23)3/h4-7,18H,10-14H2,1-3H3. The van der Waals surface area contributed by atoms with E-state index in [2.05, 4.69) is 32.9 Å². The number of fused-ring (bicyclic) bond motifs is 1. The molecule has 1 saturated heterocycles. The van der Waals surface area contributed by atoms with Crippen LogP contribution < -0.4 is 0 Å². The molecular formula is C23H24N4O2. The highest BCUT2D eigenvalue weighted by molar-refractivity contribution is 6.10. The largest absolute Gasteiger partial charge is 0.361 e. The van der Waals surface area contributed by atoms with Crippen LogP contribution in [-0.4, -0.2) is 38.9 Å². The van der Waals surface area contributed by atoms with Gasteiger partial charge in [0, 0.05) is 17.0 Å². The number of rotatable bonds is 3. The highest BCUT2D eigenvalue weighted by atomic mass is 16.5. The fourth-order valence-corrected chi connectivity index (χ4v) is 3.84. The summed E-state index contributed by atoms with van der Waals surface area (Å²) in [5, 5.41) is 4.93. The van der Waals surface area contributed by atoms with Gasteiger partial charge in [-0.2, -0.15) is 0 Å². The van der Waals surface area contributed by atoms with Gasteiger partial charge in [0.25, 0.3) is 0 Å². The van der Waals surface area contributed by atoms with E-state index in [9.17, 15) is 4.79 Å². The summed E-state index contributed by atoms with van der Waals surface area (Å²) < 4.78 is 5.06. The first-order valence-electron chi connectivity index (χ1n) is 9.94. The molecule has 1 aliphatic rings. The molecular weight excluding hydrogens is 364 g/mol. The van der Waals surface area contributed by atoms with E-state index in [-0.39, 0.29) is 11.7 Å². The van der Waals surface area contributed by atoms with Crippen LogP contribution in [0.4, 0.5) is 0 Å². The molecule has 0 bridgehead atoms. The molecule has 1 aromatic carbocycles. The number of piperidine rings is 1. The minimum absolute atomic E-state index is 0.205. The molecule has 0 radical (unpaired) electrons. The molecule has 29 heavy (non-hydrogen) atoms. The summed E-state index contributed by atoms with van der Waals surface area (Å²) in [6.45, 7) is 8.13. The fourth-order valence-electron chi connectivity index (χ4n) is 3.84. The quantitative estimate of drug-likeness (QED) is 0.387. The van der Waals surface area contributed by atoms with Crippen LogP contribution >= 0.6 is 0 Å². The normalized spacial score (nSPS) is 15.3. The Morgan fingerprint density at radius 3 is 2.62 bits per heavy atom. The van der Waals surface area contributed by atoms with Gasteiger partial charge in [-0.05, 0) is 58.7 Å². The zero-order chi connectivity index (χ0) is 20.4. The molecule has 3 heterocycles. The lowest BCUT2D eigenvalue weighted by molar-refractivity contribution is 0.105. The first kappa shape index (κ1) is 19.3. The van der Waals surface area contributed by atoms with Crippen molar-refractivity contribution in [3.63, 3.8) is 0 Å². The van der Waals surface area contributed by atoms with Crippen molar-refractivity contribution in [2.24, 2.45) is 5.92 Å². The van der Waals surface area contributed by atoms with Crippen molar-refractivity contribution in [1.82, 2.24) is 20.0 Å². The average molecular weight is 388 g/mol. The van der Waals surface area contributed by atoms with Gasteiger partial charge >= 0.3 is 0 Å². The lowest BCUT2D eigenvalue weighted by Crippen LogP contribution is -2.33. The third-order valence-corrected chi connectivity index (χ3v) is 5.44. The minimum atomic E-state index is -0.205. The topological polar surface area (TPSA) is 72.1 Å². The second-order valence-electron chi connectivity index (χ2n) is 7.59. The maximum absolute atomic E-state index is 12.3. The van der Waals surface area contributed by atoms with Crippen LogP contribution in [0.15, 0.2) is 28.8 Å². The van der Waals surface area contributed by atoms with Crippen LogP contribution in [0.1, 0.15) is 46.2 Å². The molecule has 148 valence electrons. The van der Waals surface area contributed by atoms with Crippen molar-refractivity contribution in [1.29, 1.82) is 0 Å². The second-order valence-corrected chi connectivity index (χ2v) is 7.59. The Morgan fingerprint density at radius 2 is 1.90 bits per heavy atom. The van der Waals surface area contributed by atoms with Gasteiger partial charge in [0.2, 0.25) is 5.78 Å². The van der Waals surface area contributed by atoms with Crippen molar-refractivity contribution < 1.29 is 9.32 Å². The Labute approximate surface area is 170 Å². The highest BCUT2D eigenvalue weighted by Crippen LogP contribution is 2.20. The first-order chi connectivity index (χ1) is 14.0. The molecule has 6 heteroatoms. The van der Waals surface area contributed by atoms with Crippen LogP contribution in [0.2, 0.25) is 0 Å². The molecule has 1 fully saturated rings. The first-order valence-corrected chi connectivity index (χ1v) is 9.94. The van der Waals surface area contributed by atoms with Gasteiger partial charge in [0.1, 0.15) is 11.6 Å². The van der Waals surface area contributed by atoms with Crippen LogP contribution in [-0.2, 0) is 6.54 Å². The molecule has 0 saturated carbocycles. The van der Waals surface area contributed by atoms with Gasteiger partial charge in [0.15, 0.2) is 0 Å². The Kier molecular flexibility index (Phi) is 5.41. The molecule has 2 aromatic heterocycles. The molecule has 0 amide bonds. The van der Waals surface area contributed by atoms with E-state index in [0.29, 0.717) is 17.0 Å². The lowest BCUT2D eigenvalue weighted by atomic mass is 9.97. The number of benzene rings is 1. The number of aryl methyl sites for hydroxylation is 3. The Balaban J connectivity index is 1.36. The summed E-state index contributed by atoms with van der Waals surface area (Å²) >= 11 is 0. The number of nitrogens with zero attached hydrogens (tertiary/aromatic N) is 4. The molecule has 0 spiro atoms. The van der Waals surface area contributed by atoms with Gasteiger partial charge in [-0.15, -0.1) is 0 Å². The van der Waals surface area contributed by atoms with E-state index in [1.54, 1.807) is 13.8 Å². The maximum Gasteiger partial charge on any atom is 0.241 e. The molecule has 6 nitrogen and oxygen atoms in total. The zero-order valence-electron chi connectivity index (χ0n) is 17.0. The third kappa shape index (κ3) is 4.20. The Morgan fingerprint density at radius 1 is 1.14 bits per heavy atom. The summed E-state index contributed by atoms with van der Waals surface area (Å²) in [5.41, 5.74) is 3.11. The van der Waals surface area contributed by atoms with Crippen LogP contribution in [0, 0.1) is 38.5 Å². The van der Waals surface area contributed by atoms with Crippen molar-refractivity contribution in [2.75, 3.05) is 13.1 Å². The average Bonchev–Trinajstić information content (AvgIpc) is 3.05. The summed E-state index contributed by atoms with van der Waals surface area (Å²) in [5.74, 6) is 7.37. The van der Waals surface area contributed by atoms with Crippen molar-refractivity contribution in [3.8, 4) is 11.8 Å². The van der Waals surface area contributed by atoms with Crippen LogP contribution in [0.3, 0.4) is 0 Å². The summed E-state index contributed by atoms with van der Waals surface area (Å²) in [6, 6.07) is 8.11. The molecule has 0 N–H and O–H groups in total. The number of hydrogen-bond donors (Lipinski definition) is 0. The molecule has 0 atom stereocenters. The number of Topliss-reactive ketones (excluding diaryl/α,β-unsaturated/α-hetero) is 1. The van der Waals surface area contributed by atoms with Crippen LogP contribution in [0.25, 0.3) is 10.9 Å². The van der Waals surface area contributed by atoms with Crippen molar-refractivity contribution in [3.05, 3.63) is 52.8 Å². The zero-order valence-corrected chi connectivity index (χ0v) is 17.0. The molecule has 0 unspecified atom stereocenters. The Bertz CT molecular complexity index is 1100. The molecule has 0 aliphatic carbocycles. The Hall–Kier alpha value is -3.04. The SMILES string of the molecule is Cc1noc(C)c1C(=O)C#CC1CCN(Cc2nc(C)c3ccccc3n2)CC1. The number of para-hydroxylation sites is 1. The highest BCUT2D eigenvalue weighted by Gasteiger charge is 2.20. The smallest absolute Gasteiger partial charge is 0.241 e. The van der Waals surface area contributed by atoms with Crippen molar-refractivity contribution in [2.45, 2.75) is 40.2 Å². The fraction of sp³-hybridized carbons (Fsp3) is 0.391. The van der Waals surface area contributed by atoms with E-state index >= 15 is 0 Å². The predicted molar refractivity (Wildman–Crippen MR) is 110 cm³/mol. The van der Waals surface area contributed by atoms with E-state index in [1.807, 2.05) is 25.1 Å². The number of hydrogen-bond acceptors (Lipinski definition) is 6. The number of aromatic nitrogens is 3. The van der Waals surface area contributed by atoms with Gasteiger partial charge in [-0.25, -0.2) is 9.97 Å². The molecule has 1 aliphatic heterocycles. The number of ketones is 1. The molecule has 3 aromatic rings. The van der Waals surface area contributed by atoms with Gasteiger partial charge in [0.05, 0.1) is 23.3 Å². The maximum atomic E-state index is 12.3. The number of carbonyl (C=O) groups is 1. The van der Waals surface area contributed by atoms with Crippen LogP contribution in [0.5, 0.6) is 0 Å². The van der Waals surface area contributed by atoms with Gasteiger partial charge in [-0.1, -0.05) is 29.3 Å². The lowest BCUT2D eigenvalue weighted by Gasteiger charge is -2.29. The monoisotopic (exact) mass is 388 g/mol. The number of likely N-dealkylation sites (tertiary alicyclic amines) is 1. The summed E-state index contributed by atoms with van der Waals surface area (Å²) in [6.07, 6.45) is 1.88. The van der Waals surface area contributed by atoms with E-state index in [1.165, 1.54) is 0 Å². The van der Waals surface area contributed by atoms with Gasteiger partial charge < -0.3 is 4.52 Å². The second kappa shape index (κ2) is 8.14. The van der Waals surface area contributed by atoms with E-state index < -0.39 is 0 Å². The molecule has 4 rings (SSSR count). The van der Waals surface area contributed by atoms with E-state index in [4.69, 9.17) is 9.51 Å². The predicted octanol–water partition coefficient (Wildman–Crippen LogP) is 3.64. The summed E-state index contributed by atoms with van der Waals surface area (Å²) in [7, 11) is 0. The van der Waals surface area contributed by atoms with Gasteiger partial charge in [-0.3, -0.25) is 9.69 Å². The van der Waals surface area contributed by atoms with E-state index in [0.717, 1.165) is 54.9 Å². The summed E-state index contributed by atoms with van der Waals surface area (Å²) in [4.78, 5) is 24.1. The van der Waals surface area contributed by atoms with Crippen molar-refractivity contribution >= 4 is 16.7 Å². The third-order valence-electron chi connectivity index (χ3n) is 5.44. The minimum Gasteiger partial charge on any atom is -0.361 e.